The number of aromatic nitrogens is 1. The van der Waals surface area contributed by atoms with Crippen LogP contribution in [0.2, 0.25) is 0 Å². The zero-order chi connectivity index (χ0) is 20.6. The van der Waals surface area contributed by atoms with Gasteiger partial charge in [0.2, 0.25) is 0 Å². The Labute approximate surface area is 191 Å². The lowest BCUT2D eigenvalue weighted by Gasteiger charge is -2.22. The van der Waals surface area contributed by atoms with Crippen LogP contribution in [0.3, 0.4) is 0 Å². The van der Waals surface area contributed by atoms with E-state index in [0.717, 1.165) is 36.5 Å². The maximum absolute atomic E-state index is 6.41. The molecule has 0 aliphatic heterocycles. The van der Waals surface area contributed by atoms with Crippen molar-refractivity contribution in [1.29, 1.82) is 0 Å². The monoisotopic (exact) mass is 435 g/mol. The molecule has 1 fully saturated rings. The SMILES string of the molecule is C=CCOc1ccc([C@H](Cc2ccccn2)c2ccccc2)cc1OC1CCCC1.Cl. The minimum absolute atomic E-state index is 0. The van der Waals surface area contributed by atoms with E-state index in [4.69, 9.17) is 9.47 Å². The van der Waals surface area contributed by atoms with Gasteiger partial charge in [0.1, 0.15) is 6.61 Å². The van der Waals surface area contributed by atoms with Crippen molar-refractivity contribution >= 4 is 12.4 Å². The maximum atomic E-state index is 6.41. The Morgan fingerprint density at radius 1 is 0.935 bits per heavy atom. The molecule has 1 aromatic heterocycles. The van der Waals surface area contributed by atoms with E-state index in [1.54, 1.807) is 6.08 Å². The molecule has 0 amide bonds. The molecular weight excluding hydrogens is 406 g/mol. The van der Waals surface area contributed by atoms with Crippen LogP contribution in [0.1, 0.15) is 48.4 Å². The molecule has 1 atom stereocenters. The second kappa shape index (κ2) is 11.6. The van der Waals surface area contributed by atoms with Gasteiger partial charge in [-0.3, -0.25) is 4.98 Å². The quantitative estimate of drug-likeness (QED) is 0.348. The zero-order valence-electron chi connectivity index (χ0n) is 17.8. The molecule has 162 valence electrons. The molecule has 0 bridgehead atoms. The van der Waals surface area contributed by atoms with Gasteiger partial charge < -0.3 is 9.47 Å². The minimum Gasteiger partial charge on any atom is -0.487 e. The highest BCUT2D eigenvalue weighted by atomic mass is 35.5. The van der Waals surface area contributed by atoms with E-state index in [1.165, 1.54) is 24.0 Å². The first kappa shape index (κ1) is 22.9. The van der Waals surface area contributed by atoms with Crippen molar-refractivity contribution in [2.45, 2.75) is 44.1 Å². The summed E-state index contributed by atoms with van der Waals surface area (Å²) in [4.78, 5) is 4.57. The van der Waals surface area contributed by atoms with Crippen LogP contribution in [0.5, 0.6) is 11.5 Å². The molecule has 1 aliphatic rings. The summed E-state index contributed by atoms with van der Waals surface area (Å²) in [6, 6.07) is 23.1. The van der Waals surface area contributed by atoms with Crippen molar-refractivity contribution in [1.82, 2.24) is 4.98 Å². The van der Waals surface area contributed by atoms with E-state index >= 15 is 0 Å². The Morgan fingerprint density at radius 3 is 2.42 bits per heavy atom. The number of nitrogens with zero attached hydrogens (tertiary/aromatic N) is 1. The van der Waals surface area contributed by atoms with Crippen molar-refractivity contribution in [3.05, 3.63) is 102 Å². The minimum atomic E-state index is 0. The van der Waals surface area contributed by atoms with Crippen LogP contribution in [0.4, 0.5) is 0 Å². The average Bonchev–Trinajstić information content (AvgIpc) is 3.31. The molecule has 1 saturated carbocycles. The van der Waals surface area contributed by atoms with Gasteiger partial charge in [-0.1, -0.05) is 55.1 Å². The molecule has 4 heteroatoms. The summed E-state index contributed by atoms with van der Waals surface area (Å²) in [5.41, 5.74) is 3.57. The largest absolute Gasteiger partial charge is 0.487 e. The first-order valence-electron chi connectivity index (χ1n) is 10.8. The summed E-state index contributed by atoms with van der Waals surface area (Å²) >= 11 is 0. The van der Waals surface area contributed by atoms with Gasteiger partial charge in [0, 0.05) is 24.2 Å². The highest BCUT2D eigenvalue weighted by molar-refractivity contribution is 5.85. The van der Waals surface area contributed by atoms with Crippen molar-refractivity contribution in [3.63, 3.8) is 0 Å². The fourth-order valence-corrected chi connectivity index (χ4v) is 4.13. The van der Waals surface area contributed by atoms with Crippen molar-refractivity contribution in [2.75, 3.05) is 6.61 Å². The van der Waals surface area contributed by atoms with E-state index < -0.39 is 0 Å². The Bertz CT molecular complexity index is 940. The molecule has 0 radical (unpaired) electrons. The highest BCUT2D eigenvalue weighted by Gasteiger charge is 2.21. The highest BCUT2D eigenvalue weighted by Crippen LogP contribution is 2.37. The topological polar surface area (TPSA) is 31.4 Å². The van der Waals surface area contributed by atoms with Crippen LogP contribution < -0.4 is 9.47 Å². The molecule has 0 spiro atoms. The Balaban J connectivity index is 0.00000272. The van der Waals surface area contributed by atoms with Gasteiger partial charge in [0.25, 0.3) is 0 Å². The second-order valence-electron chi connectivity index (χ2n) is 7.82. The summed E-state index contributed by atoms with van der Waals surface area (Å²) in [6.07, 6.45) is 9.43. The molecule has 1 heterocycles. The lowest BCUT2D eigenvalue weighted by molar-refractivity contribution is 0.198. The summed E-state index contributed by atoms with van der Waals surface area (Å²) in [5, 5.41) is 0. The number of halogens is 1. The predicted molar refractivity (Wildman–Crippen MR) is 128 cm³/mol. The molecule has 2 aromatic carbocycles. The van der Waals surface area contributed by atoms with Crippen molar-refractivity contribution in [3.8, 4) is 11.5 Å². The lowest BCUT2D eigenvalue weighted by Crippen LogP contribution is -2.13. The van der Waals surface area contributed by atoms with Crippen LogP contribution in [-0.2, 0) is 6.42 Å². The number of hydrogen-bond acceptors (Lipinski definition) is 3. The van der Waals surface area contributed by atoms with Gasteiger partial charge >= 0.3 is 0 Å². The van der Waals surface area contributed by atoms with Crippen LogP contribution in [-0.4, -0.2) is 17.7 Å². The second-order valence-corrected chi connectivity index (χ2v) is 7.82. The van der Waals surface area contributed by atoms with Gasteiger partial charge in [0.15, 0.2) is 11.5 Å². The van der Waals surface area contributed by atoms with Gasteiger partial charge in [-0.25, -0.2) is 0 Å². The summed E-state index contributed by atoms with van der Waals surface area (Å²) in [6.45, 7) is 4.24. The van der Waals surface area contributed by atoms with Crippen LogP contribution in [0.25, 0.3) is 0 Å². The molecule has 3 nitrogen and oxygen atoms in total. The number of benzene rings is 2. The molecule has 0 N–H and O–H groups in total. The van der Waals surface area contributed by atoms with E-state index in [9.17, 15) is 0 Å². The Hall–Kier alpha value is -2.78. The molecular formula is C27H30ClNO2. The van der Waals surface area contributed by atoms with Crippen molar-refractivity contribution < 1.29 is 9.47 Å². The van der Waals surface area contributed by atoms with Gasteiger partial charge in [-0.2, -0.15) is 0 Å². The first-order valence-corrected chi connectivity index (χ1v) is 10.8. The third-order valence-corrected chi connectivity index (χ3v) is 5.66. The molecule has 31 heavy (non-hydrogen) atoms. The van der Waals surface area contributed by atoms with Crippen molar-refractivity contribution in [2.24, 2.45) is 0 Å². The molecule has 4 rings (SSSR count). The zero-order valence-corrected chi connectivity index (χ0v) is 18.6. The first-order chi connectivity index (χ1) is 14.8. The fraction of sp³-hybridized carbons (Fsp3) is 0.296. The third kappa shape index (κ3) is 6.11. The van der Waals surface area contributed by atoms with E-state index in [0.29, 0.717) is 6.61 Å². The van der Waals surface area contributed by atoms with Gasteiger partial charge in [-0.15, -0.1) is 12.4 Å². The summed E-state index contributed by atoms with van der Waals surface area (Å²) < 4.78 is 12.3. The fourth-order valence-electron chi connectivity index (χ4n) is 4.13. The van der Waals surface area contributed by atoms with E-state index in [-0.39, 0.29) is 24.4 Å². The van der Waals surface area contributed by atoms with Crippen LogP contribution in [0, 0.1) is 0 Å². The van der Waals surface area contributed by atoms with E-state index in [2.05, 4.69) is 60.1 Å². The number of ether oxygens (including phenoxy) is 2. The standard InChI is InChI=1S/C27H29NO2.ClH/c1-2-18-29-26-16-15-22(19-27(26)30-24-13-6-7-14-24)25(21-10-4-3-5-11-21)20-23-12-8-9-17-28-23;/h2-5,8-12,15-17,19,24-25H,1,6-7,13-14,18,20H2;1H/t25-;/m1./s1. The molecule has 1 aliphatic carbocycles. The predicted octanol–water partition coefficient (Wildman–Crippen LogP) is 6.76. The molecule has 0 unspecified atom stereocenters. The molecule has 3 aromatic rings. The van der Waals surface area contributed by atoms with Crippen LogP contribution in [0.15, 0.2) is 85.6 Å². The van der Waals surface area contributed by atoms with Crippen LogP contribution >= 0.6 is 12.4 Å². The normalized spacial score (nSPS) is 14.5. The Kier molecular flexibility index (Phi) is 8.54. The summed E-state index contributed by atoms with van der Waals surface area (Å²) in [5.74, 6) is 1.82. The number of rotatable bonds is 9. The van der Waals surface area contributed by atoms with E-state index in [1.807, 2.05) is 24.4 Å². The Morgan fingerprint density at radius 2 is 1.71 bits per heavy atom. The van der Waals surface area contributed by atoms with Gasteiger partial charge in [0.05, 0.1) is 6.10 Å². The number of pyridine rings is 1. The average molecular weight is 436 g/mol. The van der Waals surface area contributed by atoms with Gasteiger partial charge in [-0.05, 0) is 61.1 Å². The third-order valence-electron chi connectivity index (χ3n) is 5.66. The summed E-state index contributed by atoms with van der Waals surface area (Å²) in [7, 11) is 0. The smallest absolute Gasteiger partial charge is 0.161 e. The lowest BCUT2D eigenvalue weighted by atomic mass is 9.87. The maximum Gasteiger partial charge on any atom is 0.161 e. The number of hydrogen-bond donors (Lipinski definition) is 0. The molecule has 0 saturated heterocycles.